The number of esters is 1. The van der Waals surface area contributed by atoms with Crippen molar-refractivity contribution >= 4 is 40.7 Å². The first kappa shape index (κ1) is 31.0. The van der Waals surface area contributed by atoms with Crippen LogP contribution in [0.25, 0.3) is 0 Å². The monoisotopic (exact) mass is 572 g/mol. The maximum Gasteiger partial charge on any atom is 0.337 e. The van der Waals surface area contributed by atoms with Gasteiger partial charge in [-0.25, -0.2) is 27.7 Å². The predicted molar refractivity (Wildman–Crippen MR) is 140 cm³/mol. The fourth-order valence-electron chi connectivity index (χ4n) is 3.38. The third-order valence-electron chi connectivity index (χ3n) is 5.00. The van der Waals surface area contributed by atoms with Gasteiger partial charge in [0.25, 0.3) is 5.92 Å². The van der Waals surface area contributed by atoms with Crippen molar-refractivity contribution in [3.63, 3.8) is 0 Å². The second kappa shape index (κ2) is 15.3. The minimum absolute atomic E-state index is 0.0907. The molecule has 1 aromatic carbocycles. The number of carboxylic acid groups (broad SMARTS) is 1. The van der Waals surface area contributed by atoms with E-state index in [0.717, 1.165) is 6.08 Å². The van der Waals surface area contributed by atoms with E-state index in [2.05, 4.69) is 21.9 Å². The molecule has 3 heterocycles. The number of nitrogens with one attached hydrogen (secondary N) is 1. The average Bonchev–Trinajstić information content (AvgIpc) is 3.39. The molecule has 4 rings (SSSR count). The lowest BCUT2D eigenvalue weighted by atomic mass is 10.1. The number of piperidine rings is 1. The molecular weight excluding hydrogens is 545 g/mol. The maximum absolute atomic E-state index is 13.7. The van der Waals surface area contributed by atoms with E-state index >= 15 is 0 Å². The summed E-state index contributed by atoms with van der Waals surface area (Å²) in [6.45, 7) is 5.58. The number of hydrogen-bond acceptors (Lipinski definition) is 8. The summed E-state index contributed by atoms with van der Waals surface area (Å²) in [5.41, 5.74) is 0.951. The molecule has 0 atom stereocenters. The molecule has 13 heteroatoms. The topological polar surface area (TPSA) is 104 Å². The summed E-state index contributed by atoms with van der Waals surface area (Å²) in [7, 11) is 0. The van der Waals surface area contributed by atoms with Gasteiger partial charge in [-0.15, -0.1) is 11.3 Å². The van der Waals surface area contributed by atoms with E-state index in [-0.39, 0.29) is 38.5 Å². The van der Waals surface area contributed by atoms with Crippen LogP contribution in [0.5, 0.6) is 0 Å². The van der Waals surface area contributed by atoms with Crippen molar-refractivity contribution in [1.82, 2.24) is 15.2 Å². The van der Waals surface area contributed by atoms with E-state index in [1.165, 1.54) is 23.5 Å². The van der Waals surface area contributed by atoms with Crippen molar-refractivity contribution in [3.8, 4) is 0 Å². The number of ether oxygens (including phenoxy) is 1. The number of alkyl halides is 2. The van der Waals surface area contributed by atoms with Gasteiger partial charge in [-0.05, 0) is 38.1 Å². The molecule has 38 heavy (non-hydrogen) atoms. The van der Waals surface area contributed by atoms with Gasteiger partial charge in [0.15, 0.2) is 10.8 Å². The second-order valence-corrected chi connectivity index (χ2v) is 9.29. The highest BCUT2D eigenvalue weighted by Gasteiger charge is 2.36. The van der Waals surface area contributed by atoms with Crippen molar-refractivity contribution in [1.29, 1.82) is 0 Å². The molecule has 1 aromatic heterocycles. The Morgan fingerprint density at radius 3 is 2.66 bits per heavy atom. The molecule has 206 valence electrons. The average molecular weight is 573 g/mol. The smallest absolute Gasteiger partial charge is 0.337 e. The van der Waals surface area contributed by atoms with E-state index in [4.69, 9.17) is 21.4 Å². The first-order chi connectivity index (χ1) is 18.0. The number of hydrogen-bond donors (Lipinski definition) is 2. The van der Waals surface area contributed by atoms with Crippen LogP contribution in [0, 0.1) is 5.82 Å². The molecule has 2 aromatic rings. The van der Waals surface area contributed by atoms with Crippen LogP contribution >= 0.6 is 22.9 Å². The Labute approximate surface area is 227 Å². The zero-order valence-corrected chi connectivity index (χ0v) is 22.2. The molecule has 0 unspecified atom stereocenters. The van der Waals surface area contributed by atoms with Crippen LogP contribution in [-0.2, 0) is 14.3 Å². The molecule has 2 N–H and O–H groups in total. The minimum Gasteiger partial charge on any atom is -0.478 e. The van der Waals surface area contributed by atoms with Crippen molar-refractivity contribution in [2.75, 3.05) is 32.8 Å². The van der Waals surface area contributed by atoms with Crippen LogP contribution in [0.2, 0.25) is 5.02 Å². The molecule has 0 bridgehead atoms. The normalized spacial score (nSPS) is 16.5. The van der Waals surface area contributed by atoms with Crippen LogP contribution in [0.15, 0.2) is 64.8 Å². The predicted octanol–water partition coefficient (Wildman–Crippen LogP) is 4.78. The Bertz CT molecular complexity index is 1140. The minimum atomic E-state index is -2.69. The van der Waals surface area contributed by atoms with Crippen molar-refractivity contribution in [2.24, 2.45) is 4.99 Å². The molecule has 0 amide bonds. The Kier molecular flexibility index (Phi) is 12.4. The van der Waals surface area contributed by atoms with Crippen LogP contribution < -0.4 is 5.32 Å². The lowest BCUT2D eigenvalue weighted by molar-refractivity contribution is -0.138. The number of carbonyl (C=O) groups is 2. The van der Waals surface area contributed by atoms with Gasteiger partial charge in [0.1, 0.15) is 5.82 Å². The maximum atomic E-state index is 13.7. The number of thiazole rings is 1. The highest BCUT2D eigenvalue weighted by Crippen LogP contribution is 2.27. The number of carboxylic acids is 1. The van der Waals surface area contributed by atoms with Crippen LogP contribution in [-0.4, -0.2) is 71.5 Å². The van der Waals surface area contributed by atoms with E-state index in [1.807, 2.05) is 5.38 Å². The van der Waals surface area contributed by atoms with Gasteiger partial charge in [-0.3, -0.25) is 9.89 Å². The number of aliphatic carboxylic acids is 1. The van der Waals surface area contributed by atoms with Gasteiger partial charge in [0, 0.05) is 41.3 Å². The standard InChI is InChI=1S/C16H20F2N4O2S.C6H4ClF.C3H4O2/c1-2-24-15(23)11-8-20-13(14-19-5-7-25-14)21-12(11)9-22-6-3-4-16(17,18)10-22;7-5-2-1-3-6(8)4-5;1-2-3(4)5/h5,7H,2-4,6,8-10H2,1H3,(H,20,21);1-4H;2H,1H2,(H,4,5). The molecule has 1 saturated heterocycles. The number of aliphatic imine (C=N–C) groups is 1. The molecule has 0 aliphatic carbocycles. The number of likely N-dealkylation sites (tertiary alicyclic amines) is 1. The van der Waals surface area contributed by atoms with E-state index < -0.39 is 17.9 Å². The summed E-state index contributed by atoms with van der Waals surface area (Å²) in [5.74, 6) is -3.87. The Hall–Kier alpha value is -3.22. The molecule has 2 aliphatic rings. The number of halogens is 4. The summed E-state index contributed by atoms with van der Waals surface area (Å²) in [6, 6.07) is 5.82. The Morgan fingerprint density at radius 2 is 2.13 bits per heavy atom. The third-order valence-corrected chi connectivity index (χ3v) is 6.02. The van der Waals surface area contributed by atoms with Crippen molar-refractivity contribution in [3.05, 3.63) is 75.6 Å². The zero-order valence-electron chi connectivity index (χ0n) is 20.6. The van der Waals surface area contributed by atoms with E-state index in [9.17, 15) is 22.8 Å². The number of aromatic nitrogens is 1. The van der Waals surface area contributed by atoms with Crippen molar-refractivity contribution in [2.45, 2.75) is 25.7 Å². The molecule has 0 spiro atoms. The van der Waals surface area contributed by atoms with Gasteiger partial charge in [0.2, 0.25) is 0 Å². The zero-order chi connectivity index (χ0) is 28.1. The Morgan fingerprint density at radius 1 is 1.39 bits per heavy atom. The summed E-state index contributed by atoms with van der Waals surface area (Å²) in [6.07, 6.45) is 2.84. The lowest BCUT2D eigenvalue weighted by Gasteiger charge is -2.34. The number of amidine groups is 1. The summed E-state index contributed by atoms with van der Waals surface area (Å²) < 4.78 is 44.5. The van der Waals surface area contributed by atoms with Gasteiger partial charge in [-0.1, -0.05) is 24.2 Å². The molecule has 0 saturated carbocycles. The number of nitrogens with zero attached hydrogens (tertiary/aromatic N) is 3. The van der Waals surface area contributed by atoms with Gasteiger partial charge in [0.05, 0.1) is 25.3 Å². The second-order valence-electron chi connectivity index (χ2n) is 7.96. The highest BCUT2D eigenvalue weighted by atomic mass is 35.5. The van der Waals surface area contributed by atoms with Crippen LogP contribution in [0.4, 0.5) is 13.2 Å². The largest absolute Gasteiger partial charge is 0.478 e. The lowest BCUT2D eigenvalue weighted by Crippen LogP contribution is -2.46. The number of benzene rings is 1. The highest BCUT2D eigenvalue weighted by molar-refractivity contribution is 7.11. The van der Waals surface area contributed by atoms with Gasteiger partial charge >= 0.3 is 11.9 Å². The molecule has 8 nitrogen and oxygen atoms in total. The van der Waals surface area contributed by atoms with Gasteiger partial charge < -0.3 is 15.2 Å². The fourth-order valence-corrected chi connectivity index (χ4v) is 4.16. The SMILES string of the molecule is C=CC(=O)O.CCOC(=O)C1=C(CN2CCCC(F)(F)C2)NC(c2nccs2)=NC1.Fc1cccc(Cl)c1. The summed E-state index contributed by atoms with van der Waals surface area (Å²) in [5, 5.41) is 13.7. The van der Waals surface area contributed by atoms with Crippen LogP contribution in [0.3, 0.4) is 0 Å². The molecular formula is C25H28ClF3N4O4S. The first-order valence-corrected chi connectivity index (χ1v) is 12.8. The summed E-state index contributed by atoms with van der Waals surface area (Å²) >= 11 is 6.83. The van der Waals surface area contributed by atoms with E-state index in [0.29, 0.717) is 40.1 Å². The summed E-state index contributed by atoms with van der Waals surface area (Å²) in [4.78, 5) is 31.7. The third kappa shape index (κ3) is 10.6. The fraction of sp³-hybridized carbons (Fsp3) is 0.360. The van der Waals surface area contributed by atoms with Crippen LogP contribution in [0.1, 0.15) is 24.8 Å². The first-order valence-electron chi connectivity index (χ1n) is 11.5. The number of carbonyl (C=O) groups excluding carboxylic acids is 1. The Balaban J connectivity index is 0.000000320. The quantitative estimate of drug-likeness (QED) is 0.379. The van der Waals surface area contributed by atoms with Gasteiger partial charge in [-0.2, -0.15) is 0 Å². The molecule has 1 fully saturated rings. The molecule has 2 aliphatic heterocycles. The number of rotatable bonds is 6. The molecule has 0 radical (unpaired) electrons. The van der Waals surface area contributed by atoms with Crippen molar-refractivity contribution < 1.29 is 32.6 Å². The van der Waals surface area contributed by atoms with E-state index in [1.54, 1.807) is 30.2 Å².